The number of aromatic nitrogens is 2. The molecule has 2 N–H and O–H groups in total. The van der Waals surface area contributed by atoms with E-state index >= 15 is 0 Å². The van der Waals surface area contributed by atoms with Crippen LogP contribution in [0.15, 0.2) is 36.7 Å². The molecule has 1 aromatic carbocycles. The van der Waals surface area contributed by atoms with Gasteiger partial charge >= 0.3 is 0 Å². The van der Waals surface area contributed by atoms with E-state index < -0.39 is 0 Å². The van der Waals surface area contributed by atoms with Crippen LogP contribution in [0.4, 0.5) is 11.5 Å². The van der Waals surface area contributed by atoms with Gasteiger partial charge in [-0.2, -0.15) is 0 Å². The molecule has 0 aliphatic heterocycles. The molecule has 2 aromatic rings. The van der Waals surface area contributed by atoms with Gasteiger partial charge in [0.15, 0.2) is 0 Å². The molecule has 0 spiro atoms. The minimum Gasteiger partial charge on any atom is -0.495 e. The number of ether oxygens (including phenoxy) is 1. The maximum absolute atomic E-state index is 12.2. The predicted molar refractivity (Wildman–Crippen MR) is 91.0 cm³/mol. The monoisotopic (exact) mass is 314 g/mol. The summed E-state index contributed by atoms with van der Waals surface area (Å²) in [6.45, 7) is 3.02. The Morgan fingerprint density at radius 2 is 2.00 bits per heavy atom. The van der Waals surface area contributed by atoms with E-state index in [0.29, 0.717) is 17.3 Å². The van der Waals surface area contributed by atoms with Crippen molar-refractivity contribution in [1.82, 2.24) is 9.97 Å². The van der Waals surface area contributed by atoms with Crippen LogP contribution in [0.1, 0.15) is 36.7 Å². The largest absolute Gasteiger partial charge is 0.495 e. The molecule has 1 amide bonds. The summed E-state index contributed by atoms with van der Waals surface area (Å²) in [5.74, 6) is 0.956. The lowest BCUT2D eigenvalue weighted by atomic mass is 10.2. The zero-order valence-corrected chi connectivity index (χ0v) is 13.5. The summed E-state index contributed by atoms with van der Waals surface area (Å²) < 4.78 is 5.20. The highest BCUT2D eigenvalue weighted by Gasteiger charge is 2.11. The van der Waals surface area contributed by atoms with Gasteiger partial charge in [0.05, 0.1) is 25.2 Å². The van der Waals surface area contributed by atoms with E-state index in [9.17, 15) is 4.79 Å². The Morgan fingerprint density at radius 1 is 1.17 bits per heavy atom. The molecule has 0 bridgehead atoms. The molecule has 1 aromatic heterocycles. The van der Waals surface area contributed by atoms with E-state index in [2.05, 4.69) is 27.5 Å². The molecule has 122 valence electrons. The van der Waals surface area contributed by atoms with Crippen LogP contribution in [-0.4, -0.2) is 29.5 Å². The zero-order chi connectivity index (χ0) is 16.5. The average molecular weight is 314 g/mol. The predicted octanol–water partition coefficient (Wildman–Crippen LogP) is 3.34. The lowest BCUT2D eigenvalue weighted by molar-refractivity contribution is 0.102. The van der Waals surface area contributed by atoms with Gasteiger partial charge in [-0.1, -0.05) is 31.9 Å². The lowest BCUT2D eigenvalue weighted by Crippen LogP contribution is -2.15. The molecule has 0 unspecified atom stereocenters. The van der Waals surface area contributed by atoms with E-state index in [1.807, 2.05) is 12.1 Å². The van der Waals surface area contributed by atoms with Gasteiger partial charge in [0.1, 0.15) is 17.3 Å². The summed E-state index contributed by atoms with van der Waals surface area (Å²) in [7, 11) is 1.56. The number of carbonyl (C=O) groups excluding carboxylic acids is 1. The van der Waals surface area contributed by atoms with Crippen molar-refractivity contribution in [2.24, 2.45) is 0 Å². The Labute approximate surface area is 136 Å². The molecule has 6 heteroatoms. The zero-order valence-electron chi connectivity index (χ0n) is 13.5. The second kappa shape index (κ2) is 8.73. The first-order chi connectivity index (χ1) is 11.2. The number of carbonyl (C=O) groups is 1. The average Bonchev–Trinajstić information content (AvgIpc) is 2.59. The van der Waals surface area contributed by atoms with Crippen molar-refractivity contribution in [2.45, 2.75) is 26.2 Å². The highest BCUT2D eigenvalue weighted by molar-refractivity contribution is 6.03. The number of nitrogens with one attached hydrogen (secondary N) is 2. The quantitative estimate of drug-likeness (QED) is 0.731. The van der Waals surface area contributed by atoms with E-state index in [4.69, 9.17) is 4.74 Å². The Balaban J connectivity index is 1.94. The van der Waals surface area contributed by atoms with E-state index in [0.717, 1.165) is 13.0 Å². The topological polar surface area (TPSA) is 76.1 Å². The van der Waals surface area contributed by atoms with Crippen molar-refractivity contribution in [3.05, 3.63) is 42.4 Å². The molecule has 0 radical (unpaired) electrons. The highest BCUT2D eigenvalue weighted by atomic mass is 16.5. The number of benzene rings is 1. The van der Waals surface area contributed by atoms with Crippen LogP contribution in [0.3, 0.4) is 0 Å². The first-order valence-corrected chi connectivity index (χ1v) is 7.75. The third kappa shape index (κ3) is 4.95. The molecule has 0 aliphatic carbocycles. The van der Waals surface area contributed by atoms with Crippen LogP contribution in [0, 0.1) is 0 Å². The van der Waals surface area contributed by atoms with Gasteiger partial charge in [-0.05, 0) is 18.6 Å². The first-order valence-electron chi connectivity index (χ1n) is 7.75. The Kier molecular flexibility index (Phi) is 6.35. The number of hydrogen-bond donors (Lipinski definition) is 2. The van der Waals surface area contributed by atoms with Crippen molar-refractivity contribution in [3.63, 3.8) is 0 Å². The summed E-state index contributed by atoms with van der Waals surface area (Å²) >= 11 is 0. The fourth-order valence-electron chi connectivity index (χ4n) is 2.06. The molecular formula is C17H22N4O2. The highest BCUT2D eigenvalue weighted by Crippen LogP contribution is 2.23. The second-order valence-corrected chi connectivity index (χ2v) is 5.08. The number of hydrogen-bond acceptors (Lipinski definition) is 5. The van der Waals surface area contributed by atoms with Gasteiger partial charge in [-0.3, -0.25) is 4.79 Å². The molecule has 1 heterocycles. The standard InChI is InChI=1S/C17H22N4O2/c1-3-4-7-10-18-16-12-19-14(11-20-16)17(22)21-13-8-5-6-9-15(13)23-2/h5-6,8-9,11-12H,3-4,7,10H2,1-2H3,(H,18,20)(H,21,22). The number of amides is 1. The molecule has 0 fully saturated rings. The normalized spacial score (nSPS) is 10.2. The second-order valence-electron chi connectivity index (χ2n) is 5.08. The van der Waals surface area contributed by atoms with Crippen LogP contribution in [0.2, 0.25) is 0 Å². The first kappa shape index (κ1) is 16.7. The van der Waals surface area contributed by atoms with Crippen LogP contribution < -0.4 is 15.4 Å². The third-order valence-electron chi connectivity index (χ3n) is 3.33. The van der Waals surface area contributed by atoms with Crippen LogP contribution >= 0.6 is 0 Å². The summed E-state index contributed by atoms with van der Waals surface area (Å²) in [5.41, 5.74) is 0.860. The van der Waals surface area contributed by atoms with Crippen LogP contribution in [0.25, 0.3) is 0 Å². The smallest absolute Gasteiger partial charge is 0.275 e. The van der Waals surface area contributed by atoms with Crippen LogP contribution in [-0.2, 0) is 0 Å². The van der Waals surface area contributed by atoms with Crippen molar-refractivity contribution in [3.8, 4) is 5.75 Å². The maximum atomic E-state index is 12.2. The molecule has 0 atom stereocenters. The van der Waals surface area contributed by atoms with Gasteiger partial charge < -0.3 is 15.4 Å². The number of nitrogens with zero attached hydrogens (tertiary/aromatic N) is 2. The number of anilines is 2. The van der Waals surface area contributed by atoms with Crippen molar-refractivity contribution in [1.29, 1.82) is 0 Å². The number of rotatable bonds is 8. The van der Waals surface area contributed by atoms with E-state index in [1.165, 1.54) is 19.0 Å². The van der Waals surface area contributed by atoms with E-state index in [-0.39, 0.29) is 11.6 Å². The molecule has 0 saturated carbocycles. The third-order valence-corrected chi connectivity index (χ3v) is 3.33. The van der Waals surface area contributed by atoms with Gasteiger partial charge in [-0.15, -0.1) is 0 Å². The summed E-state index contributed by atoms with van der Waals surface area (Å²) in [5, 5.41) is 5.96. The van der Waals surface area contributed by atoms with Gasteiger partial charge in [0.2, 0.25) is 0 Å². The maximum Gasteiger partial charge on any atom is 0.275 e. The van der Waals surface area contributed by atoms with Crippen molar-refractivity contribution in [2.75, 3.05) is 24.3 Å². The fourth-order valence-corrected chi connectivity index (χ4v) is 2.06. The Bertz CT molecular complexity index is 629. The molecular weight excluding hydrogens is 292 g/mol. The number of para-hydroxylation sites is 2. The molecule has 2 rings (SSSR count). The summed E-state index contributed by atoms with van der Waals surface area (Å²) in [4.78, 5) is 20.6. The Hall–Kier alpha value is -2.63. The van der Waals surface area contributed by atoms with Gasteiger partial charge in [-0.25, -0.2) is 9.97 Å². The minimum absolute atomic E-state index is 0.259. The SMILES string of the molecule is CCCCCNc1cnc(C(=O)Nc2ccccc2OC)cn1. The summed E-state index contributed by atoms with van der Waals surface area (Å²) in [6, 6.07) is 7.22. The Morgan fingerprint density at radius 3 is 2.70 bits per heavy atom. The molecule has 6 nitrogen and oxygen atoms in total. The van der Waals surface area contributed by atoms with Crippen LogP contribution in [0.5, 0.6) is 5.75 Å². The van der Waals surface area contributed by atoms with E-state index in [1.54, 1.807) is 25.4 Å². The fraction of sp³-hybridized carbons (Fsp3) is 0.353. The molecule has 0 saturated heterocycles. The van der Waals surface area contributed by atoms with Gasteiger partial charge in [0, 0.05) is 6.54 Å². The van der Waals surface area contributed by atoms with Crippen molar-refractivity contribution < 1.29 is 9.53 Å². The molecule has 0 aliphatic rings. The van der Waals surface area contributed by atoms with Gasteiger partial charge in [0.25, 0.3) is 5.91 Å². The van der Waals surface area contributed by atoms with Crippen molar-refractivity contribution >= 4 is 17.4 Å². The number of unbranched alkanes of at least 4 members (excludes halogenated alkanes) is 2. The summed E-state index contributed by atoms with van der Waals surface area (Å²) in [6.07, 6.45) is 6.49. The molecule has 23 heavy (non-hydrogen) atoms. The minimum atomic E-state index is -0.320. The number of methoxy groups -OCH3 is 1. The lowest BCUT2D eigenvalue weighted by Gasteiger charge is -2.09.